The van der Waals surface area contributed by atoms with Gasteiger partial charge in [-0.1, -0.05) is 41.9 Å². The highest BCUT2D eigenvalue weighted by atomic mass is 35.5. The molecule has 0 aromatic heterocycles. The summed E-state index contributed by atoms with van der Waals surface area (Å²) in [5, 5.41) is 8.54. The van der Waals surface area contributed by atoms with Crippen LogP contribution in [-0.4, -0.2) is 37.2 Å². The molecule has 0 saturated carbocycles. The van der Waals surface area contributed by atoms with Crippen LogP contribution in [0, 0.1) is 0 Å². The van der Waals surface area contributed by atoms with Crippen LogP contribution < -0.4 is 15.5 Å². The van der Waals surface area contributed by atoms with E-state index in [9.17, 15) is 9.59 Å². The second kappa shape index (κ2) is 8.76. The summed E-state index contributed by atoms with van der Waals surface area (Å²) in [5.74, 6) is 0.198. The number of carbonyl (C=O) groups excluding carboxylic acids is 2. The lowest BCUT2D eigenvalue weighted by molar-refractivity contribution is -0.120. The van der Waals surface area contributed by atoms with Crippen molar-refractivity contribution in [3.63, 3.8) is 0 Å². The quantitative estimate of drug-likeness (QED) is 0.602. The SMILES string of the molecule is O=C1CN(c2ccc(NC(=O)CSc3ccc4ccccc4c3)cc2Cl)CCN1. The molecule has 3 aromatic carbocycles. The van der Waals surface area contributed by atoms with E-state index in [0.29, 0.717) is 29.6 Å². The number of hydrogen-bond donors (Lipinski definition) is 2. The molecular formula is C22H20ClN3O2S. The standard InChI is InChI=1S/C22H20ClN3O2S/c23-19-12-17(6-8-20(19)26-10-9-24-21(27)13-26)25-22(28)14-29-18-7-5-15-3-1-2-4-16(15)11-18/h1-8,11-12H,9-10,13-14H2,(H,24,27)(H,25,28). The first-order chi connectivity index (χ1) is 14.1. The highest BCUT2D eigenvalue weighted by Crippen LogP contribution is 2.29. The van der Waals surface area contributed by atoms with Gasteiger partial charge in [0, 0.05) is 23.7 Å². The highest BCUT2D eigenvalue weighted by Gasteiger charge is 2.19. The Morgan fingerprint density at radius 2 is 1.93 bits per heavy atom. The van der Waals surface area contributed by atoms with Gasteiger partial charge in [-0.05, 0) is 41.1 Å². The first-order valence-corrected chi connectivity index (χ1v) is 10.7. The summed E-state index contributed by atoms with van der Waals surface area (Å²) in [6, 6.07) is 19.7. The van der Waals surface area contributed by atoms with Gasteiger partial charge in [0.25, 0.3) is 0 Å². The van der Waals surface area contributed by atoms with E-state index in [-0.39, 0.29) is 18.4 Å². The van der Waals surface area contributed by atoms with Gasteiger partial charge >= 0.3 is 0 Å². The van der Waals surface area contributed by atoms with E-state index in [1.54, 1.807) is 6.07 Å². The second-order valence-electron chi connectivity index (χ2n) is 6.78. The van der Waals surface area contributed by atoms with Crippen molar-refractivity contribution in [2.45, 2.75) is 4.90 Å². The minimum absolute atomic E-state index is 0.0181. The Morgan fingerprint density at radius 3 is 2.72 bits per heavy atom. The molecule has 4 rings (SSSR count). The Morgan fingerprint density at radius 1 is 1.10 bits per heavy atom. The molecule has 1 fully saturated rings. The summed E-state index contributed by atoms with van der Waals surface area (Å²) in [6.45, 7) is 1.59. The third-order valence-corrected chi connectivity index (χ3v) is 6.00. The Hall–Kier alpha value is -2.70. The summed E-state index contributed by atoms with van der Waals surface area (Å²) >= 11 is 7.89. The van der Waals surface area contributed by atoms with E-state index >= 15 is 0 Å². The summed E-state index contributed by atoms with van der Waals surface area (Å²) in [5.41, 5.74) is 1.44. The Labute approximate surface area is 178 Å². The van der Waals surface area contributed by atoms with Crippen LogP contribution in [0.5, 0.6) is 0 Å². The number of nitrogens with one attached hydrogen (secondary N) is 2. The Kier molecular flexibility index (Phi) is 5.92. The number of nitrogens with zero attached hydrogens (tertiary/aromatic N) is 1. The number of carbonyl (C=O) groups is 2. The average molecular weight is 426 g/mol. The second-order valence-corrected chi connectivity index (χ2v) is 8.24. The molecule has 1 saturated heterocycles. The molecule has 0 bridgehead atoms. The molecule has 5 nitrogen and oxygen atoms in total. The zero-order chi connectivity index (χ0) is 20.2. The minimum Gasteiger partial charge on any atom is -0.359 e. The number of rotatable bonds is 5. The van der Waals surface area contributed by atoms with Crippen LogP contribution in [0.25, 0.3) is 10.8 Å². The van der Waals surface area contributed by atoms with E-state index in [2.05, 4.69) is 34.9 Å². The first-order valence-electron chi connectivity index (χ1n) is 9.31. The van der Waals surface area contributed by atoms with Crippen molar-refractivity contribution in [1.82, 2.24) is 5.32 Å². The van der Waals surface area contributed by atoms with E-state index in [1.165, 1.54) is 17.1 Å². The smallest absolute Gasteiger partial charge is 0.239 e. The van der Waals surface area contributed by atoms with Crippen LogP contribution in [0.15, 0.2) is 65.6 Å². The monoisotopic (exact) mass is 425 g/mol. The number of anilines is 2. The lowest BCUT2D eigenvalue weighted by atomic mass is 10.1. The molecule has 148 valence electrons. The highest BCUT2D eigenvalue weighted by molar-refractivity contribution is 8.00. The van der Waals surface area contributed by atoms with Gasteiger partial charge in [0.2, 0.25) is 11.8 Å². The molecule has 29 heavy (non-hydrogen) atoms. The van der Waals surface area contributed by atoms with Gasteiger partial charge < -0.3 is 15.5 Å². The molecular weight excluding hydrogens is 406 g/mol. The molecule has 3 aromatic rings. The van der Waals surface area contributed by atoms with Crippen molar-refractivity contribution in [2.24, 2.45) is 0 Å². The van der Waals surface area contributed by atoms with Crippen molar-refractivity contribution in [2.75, 3.05) is 35.6 Å². The average Bonchev–Trinajstić information content (AvgIpc) is 2.72. The van der Waals surface area contributed by atoms with E-state index in [1.807, 2.05) is 35.2 Å². The van der Waals surface area contributed by atoms with Gasteiger partial charge in [-0.2, -0.15) is 0 Å². The third-order valence-electron chi connectivity index (χ3n) is 4.70. The largest absolute Gasteiger partial charge is 0.359 e. The molecule has 7 heteroatoms. The molecule has 1 heterocycles. The molecule has 2 amide bonds. The van der Waals surface area contributed by atoms with Crippen molar-refractivity contribution in [1.29, 1.82) is 0 Å². The lowest BCUT2D eigenvalue weighted by Gasteiger charge is -2.29. The fourth-order valence-electron chi connectivity index (χ4n) is 3.29. The van der Waals surface area contributed by atoms with Gasteiger partial charge in [-0.3, -0.25) is 9.59 Å². The molecule has 1 aliphatic rings. The lowest BCUT2D eigenvalue weighted by Crippen LogP contribution is -2.47. The Balaban J connectivity index is 1.36. The van der Waals surface area contributed by atoms with Gasteiger partial charge in [-0.15, -0.1) is 11.8 Å². The Bertz CT molecular complexity index is 1070. The maximum atomic E-state index is 12.4. The molecule has 0 radical (unpaired) electrons. The van der Waals surface area contributed by atoms with Crippen LogP contribution in [0.2, 0.25) is 5.02 Å². The molecule has 0 spiro atoms. The molecule has 0 unspecified atom stereocenters. The van der Waals surface area contributed by atoms with Gasteiger partial charge in [0.1, 0.15) is 0 Å². The third kappa shape index (κ3) is 4.83. The van der Waals surface area contributed by atoms with Crippen LogP contribution in [0.1, 0.15) is 0 Å². The maximum absolute atomic E-state index is 12.4. The van der Waals surface area contributed by atoms with Crippen molar-refractivity contribution >= 4 is 57.3 Å². The van der Waals surface area contributed by atoms with Gasteiger partial charge in [-0.25, -0.2) is 0 Å². The normalized spacial score (nSPS) is 14.0. The molecule has 2 N–H and O–H groups in total. The summed E-state index contributed by atoms with van der Waals surface area (Å²) in [7, 11) is 0. The number of thioether (sulfide) groups is 1. The zero-order valence-corrected chi connectivity index (χ0v) is 17.2. The number of hydrogen-bond acceptors (Lipinski definition) is 4. The topological polar surface area (TPSA) is 61.4 Å². The van der Waals surface area contributed by atoms with Crippen molar-refractivity contribution in [3.05, 3.63) is 65.7 Å². The fourth-order valence-corrected chi connectivity index (χ4v) is 4.33. The van der Waals surface area contributed by atoms with Crippen LogP contribution in [-0.2, 0) is 9.59 Å². The van der Waals surface area contributed by atoms with Crippen molar-refractivity contribution < 1.29 is 9.59 Å². The maximum Gasteiger partial charge on any atom is 0.239 e. The fraction of sp³-hybridized carbons (Fsp3) is 0.182. The van der Waals surface area contributed by atoms with E-state index in [4.69, 9.17) is 11.6 Å². The number of piperazine rings is 1. The van der Waals surface area contributed by atoms with Crippen LogP contribution in [0.4, 0.5) is 11.4 Å². The summed E-state index contributed by atoms with van der Waals surface area (Å²) in [4.78, 5) is 26.9. The van der Waals surface area contributed by atoms with Gasteiger partial charge in [0.05, 0.1) is 23.0 Å². The predicted octanol–water partition coefficient (Wildman–Crippen LogP) is 4.16. The number of benzene rings is 3. The van der Waals surface area contributed by atoms with Crippen LogP contribution in [0.3, 0.4) is 0 Å². The minimum atomic E-state index is -0.0932. The number of fused-ring (bicyclic) bond motifs is 1. The number of amides is 2. The van der Waals surface area contributed by atoms with Crippen LogP contribution >= 0.6 is 23.4 Å². The molecule has 1 aliphatic heterocycles. The van der Waals surface area contributed by atoms with Gasteiger partial charge in [0.15, 0.2) is 0 Å². The summed E-state index contributed by atoms with van der Waals surface area (Å²) < 4.78 is 0. The molecule has 0 aliphatic carbocycles. The molecule has 0 atom stereocenters. The first kappa shape index (κ1) is 19.6. The summed E-state index contributed by atoms with van der Waals surface area (Å²) in [6.07, 6.45) is 0. The van der Waals surface area contributed by atoms with E-state index < -0.39 is 0 Å². The van der Waals surface area contributed by atoms with E-state index in [0.717, 1.165) is 16.0 Å². The van der Waals surface area contributed by atoms with Crippen molar-refractivity contribution in [3.8, 4) is 0 Å². The number of halogens is 1. The predicted molar refractivity (Wildman–Crippen MR) is 120 cm³/mol. The zero-order valence-electron chi connectivity index (χ0n) is 15.7.